The fourth-order valence-corrected chi connectivity index (χ4v) is 4.80. The van der Waals surface area contributed by atoms with Crippen LogP contribution in [0.1, 0.15) is 36.3 Å². The molecule has 1 aliphatic rings. The molecule has 8 heteroatoms. The van der Waals surface area contributed by atoms with E-state index in [0.29, 0.717) is 12.3 Å². The number of thioether (sulfide) groups is 1. The molecule has 1 saturated carbocycles. The third-order valence-electron chi connectivity index (χ3n) is 4.95. The van der Waals surface area contributed by atoms with Crippen LogP contribution < -0.4 is 10.6 Å². The van der Waals surface area contributed by atoms with E-state index in [-0.39, 0.29) is 23.8 Å². The average Bonchev–Trinajstić information content (AvgIpc) is 3.12. The molecule has 2 heterocycles. The first kappa shape index (κ1) is 20.8. The third-order valence-corrected chi connectivity index (χ3v) is 6.89. The summed E-state index contributed by atoms with van der Waals surface area (Å²) in [5, 5.41) is 7.00. The number of nitrogens with zero attached hydrogens (tertiary/aromatic N) is 2. The first-order valence-electron chi connectivity index (χ1n) is 9.61. The summed E-state index contributed by atoms with van der Waals surface area (Å²) in [6.07, 6.45) is 5.91. The second kappa shape index (κ2) is 10.6. The van der Waals surface area contributed by atoms with Gasteiger partial charge in [-0.25, -0.2) is 9.97 Å². The number of nitrogens with one attached hydrogen (secondary N) is 2. The molecule has 0 unspecified atom stereocenters. The van der Waals surface area contributed by atoms with Gasteiger partial charge < -0.3 is 10.6 Å². The molecule has 0 atom stereocenters. The maximum atomic E-state index is 12.4. The van der Waals surface area contributed by atoms with Gasteiger partial charge in [-0.2, -0.15) is 0 Å². The zero-order chi connectivity index (χ0) is 19.8. The minimum atomic E-state index is 0.0310. The molecule has 1 fully saturated rings. The summed E-state index contributed by atoms with van der Waals surface area (Å²) in [6.45, 7) is 2.65. The van der Waals surface area contributed by atoms with Gasteiger partial charge in [-0.15, -0.1) is 11.3 Å². The van der Waals surface area contributed by atoms with Gasteiger partial charge in [0.25, 0.3) is 0 Å². The SMILES string of the molecule is Cc1ncsc1CCNC(=O)C1CCC(NC(=O)CSc2ccccn2)CC1. The molecule has 0 spiro atoms. The van der Waals surface area contributed by atoms with Crippen molar-refractivity contribution in [2.24, 2.45) is 5.92 Å². The summed E-state index contributed by atoms with van der Waals surface area (Å²) in [6, 6.07) is 5.84. The highest BCUT2D eigenvalue weighted by Gasteiger charge is 2.26. The topological polar surface area (TPSA) is 84.0 Å². The Balaban J connectivity index is 1.31. The smallest absolute Gasteiger partial charge is 0.230 e. The van der Waals surface area contributed by atoms with Gasteiger partial charge in [-0.05, 0) is 44.7 Å². The molecule has 2 aromatic rings. The normalized spacial score (nSPS) is 19.2. The fourth-order valence-electron chi connectivity index (χ4n) is 3.35. The van der Waals surface area contributed by atoms with Crippen LogP contribution in [0.5, 0.6) is 0 Å². The number of pyridine rings is 1. The minimum Gasteiger partial charge on any atom is -0.356 e. The molecule has 150 valence electrons. The number of rotatable bonds is 8. The summed E-state index contributed by atoms with van der Waals surface area (Å²) in [5.41, 5.74) is 2.90. The van der Waals surface area contributed by atoms with E-state index in [0.717, 1.165) is 42.8 Å². The molecule has 0 aromatic carbocycles. The molecule has 2 N–H and O–H groups in total. The number of hydrogen-bond donors (Lipinski definition) is 2. The zero-order valence-electron chi connectivity index (χ0n) is 16.0. The third kappa shape index (κ3) is 6.31. The molecule has 1 aliphatic carbocycles. The van der Waals surface area contributed by atoms with E-state index < -0.39 is 0 Å². The van der Waals surface area contributed by atoms with Crippen LogP contribution in [-0.2, 0) is 16.0 Å². The molecule has 0 saturated heterocycles. The van der Waals surface area contributed by atoms with Crippen LogP contribution in [-0.4, -0.2) is 40.1 Å². The molecular formula is C20H26N4O2S2. The second-order valence-corrected chi connectivity index (χ2v) is 8.91. The average molecular weight is 419 g/mol. The Morgan fingerprint density at radius 3 is 2.71 bits per heavy atom. The van der Waals surface area contributed by atoms with Crippen molar-refractivity contribution in [3.8, 4) is 0 Å². The Bertz CT molecular complexity index is 774. The quantitative estimate of drug-likeness (QED) is 0.644. The van der Waals surface area contributed by atoms with E-state index in [4.69, 9.17) is 0 Å². The maximum Gasteiger partial charge on any atom is 0.230 e. The molecule has 6 nitrogen and oxygen atoms in total. The van der Waals surface area contributed by atoms with Crippen molar-refractivity contribution in [3.05, 3.63) is 40.5 Å². The van der Waals surface area contributed by atoms with Crippen molar-refractivity contribution in [2.45, 2.75) is 50.1 Å². The molecule has 28 heavy (non-hydrogen) atoms. The van der Waals surface area contributed by atoms with Crippen LogP contribution in [0.4, 0.5) is 0 Å². The van der Waals surface area contributed by atoms with Crippen molar-refractivity contribution in [1.82, 2.24) is 20.6 Å². The van der Waals surface area contributed by atoms with E-state index in [1.165, 1.54) is 16.6 Å². The van der Waals surface area contributed by atoms with E-state index in [2.05, 4.69) is 20.6 Å². The molecule has 2 amide bonds. The number of thiazole rings is 1. The summed E-state index contributed by atoms with van der Waals surface area (Å²) in [4.78, 5) is 34.2. The van der Waals surface area contributed by atoms with Crippen molar-refractivity contribution in [1.29, 1.82) is 0 Å². The van der Waals surface area contributed by atoms with E-state index in [9.17, 15) is 9.59 Å². The van der Waals surface area contributed by atoms with Gasteiger partial charge >= 0.3 is 0 Å². The van der Waals surface area contributed by atoms with Gasteiger partial charge in [0, 0.05) is 36.0 Å². The van der Waals surface area contributed by atoms with Gasteiger partial charge in [-0.1, -0.05) is 17.8 Å². The highest BCUT2D eigenvalue weighted by Crippen LogP contribution is 2.25. The van der Waals surface area contributed by atoms with Gasteiger partial charge in [0.15, 0.2) is 0 Å². The van der Waals surface area contributed by atoms with Gasteiger partial charge in [-0.3, -0.25) is 9.59 Å². The summed E-state index contributed by atoms with van der Waals surface area (Å²) in [7, 11) is 0. The molecule has 0 radical (unpaired) electrons. The van der Waals surface area contributed by atoms with Crippen LogP contribution in [0.25, 0.3) is 0 Å². The van der Waals surface area contributed by atoms with E-state index in [1.54, 1.807) is 17.5 Å². The van der Waals surface area contributed by atoms with Crippen molar-refractivity contribution in [3.63, 3.8) is 0 Å². The first-order chi connectivity index (χ1) is 13.6. The lowest BCUT2D eigenvalue weighted by molar-refractivity contribution is -0.126. The number of aromatic nitrogens is 2. The number of carbonyl (C=O) groups excluding carboxylic acids is 2. The Morgan fingerprint density at radius 1 is 1.21 bits per heavy atom. The lowest BCUT2D eigenvalue weighted by atomic mass is 9.85. The van der Waals surface area contributed by atoms with Crippen LogP contribution in [0, 0.1) is 12.8 Å². The lowest BCUT2D eigenvalue weighted by Crippen LogP contribution is -2.41. The van der Waals surface area contributed by atoms with Crippen LogP contribution in [0.15, 0.2) is 34.9 Å². The van der Waals surface area contributed by atoms with Gasteiger partial charge in [0.05, 0.1) is 22.0 Å². The number of aryl methyl sites for hydroxylation is 1. The standard InChI is InChI=1S/C20H26N4O2S2/c1-14-17(28-13-23-14)9-11-22-20(26)15-5-7-16(8-6-15)24-18(25)12-27-19-4-2-3-10-21-19/h2-4,10,13,15-16H,5-9,11-12H2,1H3,(H,22,26)(H,24,25). The monoisotopic (exact) mass is 418 g/mol. The Morgan fingerprint density at radius 2 is 2.04 bits per heavy atom. The highest BCUT2D eigenvalue weighted by molar-refractivity contribution is 7.99. The van der Waals surface area contributed by atoms with Crippen molar-refractivity contribution >= 4 is 34.9 Å². The van der Waals surface area contributed by atoms with Crippen molar-refractivity contribution in [2.75, 3.05) is 12.3 Å². The predicted octanol–water partition coefficient (Wildman–Crippen LogP) is 2.97. The van der Waals surface area contributed by atoms with Crippen LogP contribution in [0.3, 0.4) is 0 Å². The van der Waals surface area contributed by atoms with E-state index in [1.807, 2.05) is 30.6 Å². The summed E-state index contributed by atoms with van der Waals surface area (Å²) < 4.78 is 0. The van der Waals surface area contributed by atoms with Crippen LogP contribution >= 0.6 is 23.1 Å². The largest absolute Gasteiger partial charge is 0.356 e. The zero-order valence-corrected chi connectivity index (χ0v) is 17.7. The molecule has 3 rings (SSSR count). The second-order valence-electron chi connectivity index (χ2n) is 6.97. The fraction of sp³-hybridized carbons (Fsp3) is 0.500. The lowest BCUT2D eigenvalue weighted by Gasteiger charge is -2.28. The minimum absolute atomic E-state index is 0.0310. The van der Waals surface area contributed by atoms with Gasteiger partial charge in [0.1, 0.15) is 0 Å². The molecule has 2 aromatic heterocycles. The summed E-state index contributed by atoms with van der Waals surface area (Å²) >= 11 is 3.08. The maximum absolute atomic E-state index is 12.4. The van der Waals surface area contributed by atoms with Crippen molar-refractivity contribution < 1.29 is 9.59 Å². The highest BCUT2D eigenvalue weighted by atomic mass is 32.2. The van der Waals surface area contributed by atoms with Crippen LogP contribution in [0.2, 0.25) is 0 Å². The number of carbonyl (C=O) groups is 2. The Labute approximate surface area is 173 Å². The van der Waals surface area contributed by atoms with E-state index >= 15 is 0 Å². The summed E-state index contributed by atoms with van der Waals surface area (Å²) in [5.74, 6) is 0.591. The predicted molar refractivity (Wildman–Crippen MR) is 112 cm³/mol. The first-order valence-corrected chi connectivity index (χ1v) is 11.5. The molecular weight excluding hydrogens is 392 g/mol. The van der Waals surface area contributed by atoms with Gasteiger partial charge in [0.2, 0.25) is 11.8 Å². The molecule has 0 aliphatic heterocycles. The number of hydrogen-bond acceptors (Lipinski definition) is 6. The Hall–Kier alpha value is -1.93. The number of amides is 2. The molecule has 0 bridgehead atoms. The Kier molecular flexibility index (Phi) is 7.85.